The number of rotatable bonds is 0. The van der Waals surface area contributed by atoms with Gasteiger partial charge in [-0.1, -0.05) is 39.3 Å². The van der Waals surface area contributed by atoms with E-state index >= 15 is 0 Å². The summed E-state index contributed by atoms with van der Waals surface area (Å²) in [6.45, 7) is 10.4. The fourth-order valence-electron chi connectivity index (χ4n) is 11.5. The Morgan fingerprint density at radius 3 is 2.70 bits per heavy atom. The van der Waals surface area contributed by atoms with E-state index in [9.17, 15) is 10.3 Å². The molecule has 0 aromatic carbocycles. The zero-order chi connectivity index (χ0) is 23.2. The van der Waals surface area contributed by atoms with Crippen LogP contribution in [0.15, 0.2) is 11.6 Å². The molecular formula is C28H44N2O3. The van der Waals surface area contributed by atoms with E-state index in [2.05, 4.69) is 33.8 Å². The van der Waals surface area contributed by atoms with Gasteiger partial charge in [0, 0.05) is 23.4 Å². The van der Waals surface area contributed by atoms with Gasteiger partial charge >= 0.3 is 0 Å². The first kappa shape index (κ1) is 21.8. The maximum atomic E-state index is 10.9. The van der Waals surface area contributed by atoms with Crippen LogP contribution in [-0.4, -0.2) is 51.3 Å². The summed E-state index contributed by atoms with van der Waals surface area (Å²) < 4.78 is 7.15. The SMILES string of the molecule is C[C@H]1C[C@H]2O[C@]3(CC[C@H]4C5(N)CCC6=C[C@@H](O)CC[C@]6(C)[C@H]5CC45CC53C)[C@H](C)[C@@H]2N(O)C1. The van der Waals surface area contributed by atoms with Gasteiger partial charge in [0.2, 0.25) is 0 Å². The number of aliphatic hydroxyl groups excluding tert-OH is 1. The third-order valence-corrected chi connectivity index (χ3v) is 13.1. The van der Waals surface area contributed by atoms with Crippen LogP contribution in [0.2, 0.25) is 0 Å². The Morgan fingerprint density at radius 1 is 1.12 bits per heavy atom. The van der Waals surface area contributed by atoms with Gasteiger partial charge in [0.05, 0.1) is 23.9 Å². The van der Waals surface area contributed by atoms with Crippen molar-refractivity contribution in [2.24, 2.45) is 45.7 Å². The van der Waals surface area contributed by atoms with Crippen LogP contribution < -0.4 is 5.73 Å². The predicted molar refractivity (Wildman–Crippen MR) is 126 cm³/mol. The van der Waals surface area contributed by atoms with Crippen molar-refractivity contribution < 1.29 is 15.1 Å². The predicted octanol–water partition coefficient (Wildman–Crippen LogP) is 4.26. The molecule has 5 aliphatic carbocycles. The molecule has 2 heterocycles. The fourth-order valence-corrected chi connectivity index (χ4v) is 11.5. The van der Waals surface area contributed by atoms with E-state index in [0.29, 0.717) is 23.7 Å². The Kier molecular flexibility index (Phi) is 4.14. The van der Waals surface area contributed by atoms with Gasteiger partial charge in [0.1, 0.15) is 0 Å². The number of hydroxylamine groups is 2. The molecule has 5 nitrogen and oxygen atoms in total. The molecule has 2 aliphatic heterocycles. The topological polar surface area (TPSA) is 79.0 Å². The maximum absolute atomic E-state index is 10.9. The van der Waals surface area contributed by atoms with Crippen LogP contribution in [0, 0.1) is 39.9 Å². The highest BCUT2D eigenvalue weighted by Gasteiger charge is 2.86. The zero-order valence-electron chi connectivity index (χ0n) is 21.0. The van der Waals surface area contributed by atoms with Gasteiger partial charge in [-0.15, -0.1) is 0 Å². The summed E-state index contributed by atoms with van der Waals surface area (Å²) in [7, 11) is 0. The van der Waals surface area contributed by atoms with E-state index in [1.807, 2.05) is 0 Å². The fraction of sp³-hybridized carbons (Fsp3) is 0.929. The molecule has 0 aromatic rings. The molecule has 0 radical (unpaired) electrons. The molecule has 7 rings (SSSR count). The number of piperidine rings is 1. The van der Waals surface area contributed by atoms with Crippen molar-refractivity contribution in [2.45, 2.75) is 115 Å². The minimum absolute atomic E-state index is 0.0834. The van der Waals surface area contributed by atoms with E-state index in [1.165, 1.54) is 24.8 Å². The summed E-state index contributed by atoms with van der Waals surface area (Å²) in [5, 5.41) is 22.9. The van der Waals surface area contributed by atoms with Gasteiger partial charge in [-0.2, -0.15) is 5.06 Å². The summed E-state index contributed by atoms with van der Waals surface area (Å²) in [6, 6.07) is 0.134. The lowest BCUT2D eigenvalue weighted by atomic mass is 9.53. The minimum atomic E-state index is -0.269. The molecule has 4 N–H and O–H groups in total. The number of hydrogen-bond donors (Lipinski definition) is 3. The third kappa shape index (κ3) is 2.29. The van der Waals surface area contributed by atoms with Crippen LogP contribution >= 0.6 is 0 Å². The minimum Gasteiger partial charge on any atom is -0.389 e. The third-order valence-electron chi connectivity index (χ3n) is 13.1. The van der Waals surface area contributed by atoms with Crippen molar-refractivity contribution >= 4 is 0 Å². The summed E-state index contributed by atoms with van der Waals surface area (Å²) in [4.78, 5) is 0. The van der Waals surface area contributed by atoms with Gasteiger partial charge in [-0.3, -0.25) is 0 Å². The summed E-state index contributed by atoms with van der Waals surface area (Å²) in [5.74, 6) is 1.91. The number of aliphatic hydroxyl groups is 1. The normalized spacial score (nSPS) is 63.8. The van der Waals surface area contributed by atoms with Crippen LogP contribution in [0.5, 0.6) is 0 Å². The summed E-state index contributed by atoms with van der Waals surface area (Å²) in [5.41, 5.74) is 9.37. The molecule has 33 heavy (non-hydrogen) atoms. The smallest absolute Gasteiger partial charge is 0.0788 e. The molecule has 5 heteroatoms. The Balaban J connectivity index is 1.27. The molecule has 2 spiro atoms. The molecule has 0 amide bonds. The second-order valence-electron chi connectivity index (χ2n) is 14.1. The zero-order valence-corrected chi connectivity index (χ0v) is 21.0. The molecular weight excluding hydrogens is 412 g/mol. The Hall–Kier alpha value is -0.460. The van der Waals surface area contributed by atoms with Gasteiger partial charge in [0.15, 0.2) is 0 Å². The molecule has 6 fully saturated rings. The molecule has 0 bridgehead atoms. The quantitative estimate of drug-likeness (QED) is 0.475. The molecule has 12 atom stereocenters. The van der Waals surface area contributed by atoms with Gasteiger partial charge in [-0.05, 0) is 86.4 Å². The number of nitrogens with two attached hydrogens (primary N) is 1. The van der Waals surface area contributed by atoms with Crippen molar-refractivity contribution in [3.05, 3.63) is 11.6 Å². The number of hydrogen-bond acceptors (Lipinski definition) is 5. The lowest BCUT2D eigenvalue weighted by Gasteiger charge is -2.55. The summed E-state index contributed by atoms with van der Waals surface area (Å²) in [6.07, 6.45) is 11.9. The highest BCUT2D eigenvalue weighted by Crippen LogP contribution is 2.87. The van der Waals surface area contributed by atoms with Crippen molar-refractivity contribution in [2.75, 3.05) is 6.54 Å². The lowest BCUT2D eigenvalue weighted by Crippen LogP contribution is -2.60. The van der Waals surface area contributed by atoms with Crippen molar-refractivity contribution in [3.8, 4) is 0 Å². The van der Waals surface area contributed by atoms with Crippen molar-refractivity contribution in [1.82, 2.24) is 5.06 Å². The van der Waals surface area contributed by atoms with E-state index < -0.39 is 0 Å². The second kappa shape index (κ2) is 6.26. The van der Waals surface area contributed by atoms with Crippen LogP contribution in [0.25, 0.3) is 0 Å². The number of ether oxygens (including phenoxy) is 1. The largest absolute Gasteiger partial charge is 0.389 e. The number of allylic oxidation sites excluding steroid dienone is 1. The number of nitrogens with zero attached hydrogens (tertiary/aromatic N) is 1. The van der Waals surface area contributed by atoms with Crippen LogP contribution in [0.3, 0.4) is 0 Å². The average molecular weight is 457 g/mol. The molecule has 4 saturated carbocycles. The molecule has 184 valence electrons. The van der Waals surface area contributed by atoms with Gasteiger partial charge in [-0.25, -0.2) is 0 Å². The first-order chi connectivity index (χ1) is 15.5. The van der Waals surface area contributed by atoms with E-state index in [1.54, 1.807) is 5.06 Å². The molecule has 2 saturated heterocycles. The number of fused-ring (bicyclic) bond motifs is 6. The van der Waals surface area contributed by atoms with Crippen LogP contribution in [-0.2, 0) is 4.74 Å². The van der Waals surface area contributed by atoms with Crippen LogP contribution in [0.4, 0.5) is 0 Å². The highest BCUT2D eigenvalue weighted by molar-refractivity contribution is 5.39. The molecule has 0 aromatic heterocycles. The first-order valence-corrected chi connectivity index (χ1v) is 13.8. The maximum Gasteiger partial charge on any atom is 0.0788 e. The highest BCUT2D eigenvalue weighted by atomic mass is 16.5. The Labute approximate surface area is 199 Å². The second-order valence-corrected chi connectivity index (χ2v) is 14.1. The van der Waals surface area contributed by atoms with Gasteiger partial charge in [0.25, 0.3) is 0 Å². The average Bonchev–Trinajstić information content (AvgIpc) is 3.14. The summed E-state index contributed by atoms with van der Waals surface area (Å²) >= 11 is 0. The van der Waals surface area contributed by atoms with E-state index in [0.717, 1.165) is 45.1 Å². The molecule has 3 unspecified atom stereocenters. The Morgan fingerprint density at radius 2 is 1.91 bits per heavy atom. The van der Waals surface area contributed by atoms with Crippen LogP contribution in [0.1, 0.15) is 85.5 Å². The van der Waals surface area contributed by atoms with Crippen molar-refractivity contribution in [1.29, 1.82) is 0 Å². The van der Waals surface area contributed by atoms with E-state index in [4.69, 9.17) is 10.5 Å². The lowest BCUT2D eigenvalue weighted by molar-refractivity contribution is -0.182. The van der Waals surface area contributed by atoms with Gasteiger partial charge < -0.3 is 20.8 Å². The monoisotopic (exact) mass is 456 g/mol. The van der Waals surface area contributed by atoms with E-state index in [-0.39, 0.29) is 45.6 Å². The Bertz CT molecular complexity index is 923. The first-order valence-electron chi connectivity index (χ1n) is 13.8. The standard InChI is InChI=1S/C28H44N2O3/c1-16-11-20-23(30(32)14-16)17(2)28(33-20)10-7-21-26(15-25(26,28)4)13-22-24(3)8-6-19(31)12-18(24)5-9-27(21,22)29/h12,16-17,19-23,31-32H,5-11,13-15,29H2,1-4H3/t16-,17+,19-,20+,21+,22+,23-,24-,25?,26?,27?,28+/m0/s1. The molecule has 7 aliphatic rings. The van der Waals surface area contributed by atoms with Crippen molar-refractivity contribution in [3.63, 3.8) is 0 Å².